The summed E-state index contributed by atoms with van der Waals surface area (Å²) in [6.07, 6.45) is 4.23. The van der Waals surface area contributed by atoms with Crippen LogP contribution in [0.5, 0.6) is 0 Å². The van der Waals surface area contributed by atoms with Crippen molar-refractivity contribution in [3.8, 4) is 0 Å². The van der Waals surface area contributed by atoms with Gasteiger partial charge >= 0.3 is 0 Å². The fraction of sp³-hybridized carbons (Fsp3) is 0.529. The number of benzene rings is 1. The zero-order valence-corrected chi connectivity index (χ0v) is 14.1. The molecular formula is C17H21BrN2O2. The van der Waals surface area contributed by atoms with Crippen LogP contribution in [0.1, 0.15) is 37.2 Å². The molecule has 0 bridgehead atoms. The summed E-state index contributed by atoms with van der Waals surface area (Å²) in [7, 11) is 0. The summed E-state index contributed by atoms with van der Waals surface area (Å²) in [6.45, 7) is 1.80. The van der Waals surface area contributed by atoms with Crippen molar-refractivity contribution in [1.29, 1.82) is 0 Å². The zero-order valence-electron chi connectivity index (χ0n) is 12.6. The molecular weight excluding hydrogens is 344 g/mol. The highest BCUT2D eigenvalue weighted by Gasteiger charge is 2.44. The highest BCUT2D eigenvalue weighted by Crippen LogP contribution is 2.47. The summed E-state index contributed by atoms with van der Waals surface area (Å²) in [6, 6.07) is 8.10. The fourth-order valence-corrected chi connectivity index (χ4v) is 3.56. The highest BCUT2D eigenvalue weighted by molar-refractivity contribution is 9.10. The molecule has 2 amide bonds. The number of amides is 2. The Morgan fingerprint density at radius 3 is 2.73 bits per heavy atom. The van der Waals surface area contributed by atoms with Crippen molar-refractivity contribution >= 4 is 27.7 Å². The molecule has 0 radical (unpaired) electrons. The van der Waals surface area contributed by atoms with Crippen molar-refractivity contribution in [3.05, 3.63) is 34.3 Å². The van der Waals surface area contributed by atoms with E-state index in [0.29, 0.717) is 5.92 Å². The van der Waals surface area contributed by atoms with E-state index in [0.717, 1.165) is 36.8 Å². The number of carbonyl (C=O) groups is 2. The number of nitrogens with zero attached hydrogens (tertiary/aromatic N) is 1. The Balaban J connectivity index is 1.46. The molecule has 0 aromatic heterocycles. The minimum Gasteiger partial charge on any atom is -0.347 e. The third-order valence-corrected chi connectivity index (χ3v) is 5.02. The largest absolute Gasteiger partial charge is 0.347 e. The van der Waals surface area contributed by atoms with Gasteiger partial charge in [-0.15, -0.1) is 0 Å². The van der Waals surface area contributed by atoms with E-state index in [4.69, 9.17) is 0 Å². The number of rotatable bonds is 4. The third kappa shape index (κ3) is 3.69. The fourth-order valence-electron chi connectivity index (χ4n) is 3.14. The molecule has 1 aromatic carbocycles. The van der Waals surface area contributed by atoms with E-state index >= 15 is 0 Å². The quantitative estimate of drug-likeness (QED) is 0.892. The van der Waals surface area contributed by atoms with Gasteiger partial charge in [-0.1, -0.05) is 28.1 Å². The molecule has 22 heavy (non-hydrogen) atoms. The molecule has 2 aliphatic rings. The maximum atomic E-state index is 12.2. The van der Waals surface area contributed by atoms with Crippen molar-refractivity contribution in [2.75, 3.05) is 19.6 Å². The van der Waals surface area contributed by atoms with Gasteiger partial charge in [0.2, 0.25) is 11.8 Å². The van der Waals surface area contributed by atoms with Gasteiger partial charge in [0.25, 0.3) is 0 Å². The van der Waals surface area contributed by atoms with E-state index < -0.39 is 0 Å². The number of hydrogen-bond acceptors (Lipinski definition) is 2. The van der Waals surface area contributed by atoms with Gasteiger partial charge < -0.3 is 10.2 Å². The van der Waals surface area contributed by atoms with E-state index in [9.17, 15) is 9.59 Å². The number of piperidine rings is 1. The molecule has 1 aliphatic carbocycles. The topological polar surface area (TPSA) is 49.4 Å². The van der Waals surface area contributed by atoms with Crippen LogP contribution in [0.3, 0.4) is 0 Å². The van der Waals surface area contributed by atoms with Gasteiger partial charge in [0.1, 0.15) is 0 Å². The summed E-state index contributed by atoms with van der Waals surface area (Å²) in [5.41, 5.74) is 1.19. The molecule has 0 unspecified atom stereocenters. The Labute approximate surface area is 139 Å². The summed E-state index contributed by atoms with van der Waals surface area (Å²) >= 11 is 3.46. The van der Waals surface area contributed by atoms with Crippen molar-refractivity contribution in [3.63, 3.8) is 0 Å². The summed E-state index contributed by atoms with van der Waals surface area (Å²) < 4.78 is 1.04. The summed E-state index contributed by atoms with van der Waals surface area (Å²) in [4.78, 5) is 26.1. The van der Waals surface area contributed by atoms with Crippen molar-refractivity contribution in [2.24, 2.45) is 5.92 Å². The average Bonchev–Trinajstić information content (AvgIpc) is 3.34. The Morgan fingerprint density at radius 2 is 2.00 bits per heavy atom. The smallest absolute Gasteiger partial charge is 0.241 e. The van der Waals surface area contributed by atoms with Crippen LogP contribution in [0.4, 0.5) is 0 Å². The first-order valence-electron chi connectivity index (χ1n) is 7.96. The second-order valence-corrected chi connectivity index (χ2v) is 7.08. The van der Waals surface area contributed by atoms with Gasteiger partial charge in [-0.3, -0.25) is 9.59 Å². The monoisotopic (exact) mass is 364 g/mol. The minimum absolute atomic E-state index is 0.00957. The molecule has 1 aliphatic heterocycles. The van der Waals surface area contributed by atoms with E-state index in [2.05, 4.69) is 33.4 Å². The van der Waals surface area contributed by atoms with Gasteiger partial charge in [0.05, 0.1) is 6.54 Å². The van der Waals surface area contributed by atoms with Gasteiger partial charge in [0, 0.05) is 23.5 Å². The van der Waals surface area contributed by atoms with Crippen molar-refractivity contribution in [2.45, 2.75) is 31.6 Å². The lowest BCUT2D eigenvalue weighted by Crippen LogP contribution is -2.43. The number of halogens is 1. The Morgan fingerprint density at radius 1 is 1.23 bits per heavy atom. The SMILES string of the molecule is O=C(NCC(=O)N1CCCCC1)[C@H]1C[C@@H]1c1cccc(Br)c1. The molecule has 1 saturated carbocycles. The van der Waals surface area contributed by atoms with Crippen LogP contribution in [0, 0.1) is 5.92 Å². The Kier molecular flexibility index (Phi) is 4.81. The maximum Gasteiger partial charge on any atom is 0.241 e. The average molecular weight is 365 g/mol. The molecule has 0 spiro atoms. The molecule has 2 atom stereocenters. The molecule has 1 heterocycles. The molecule has 2 fully saturated rings. The molecule has 1 aromatic rings. The van der Waals surface area contributed by atoms with Crippen molar-refractivity contribution < 1.29 is 9.59 Å². The van der Waals surface area contributed by atoms with Gasteiger partial charge in [-0.25, -0.2) is 0 Å². The first-order valence-corrected chi connectivity index (χ1v) is 8.75. The summed E-state index contributed by atoms with van der Waals surface area (Å²) in [5, 5.41) is 2.81. The zero-order chi connectivity index (χ0) is 15.5. The van der Waals surface area contributed by atoms with E-state index in [1.165, 1.54) is 12.0 Å². The number of likely N-dealkylation sites (tertiary alicyclic amines) is 1. The number of carbonyl (C=O) groups excluding carboxylic acids is 2. The summed E-state index contributed by atoms with van der Waals surface area (Å²) in [5.74, 6) is 0.370. The molecule has 4 nitrogen and oxygen atoms in total. The van der Waals surface area contributed by atoms with E-state index in [1.54, 1.807) is 0 Å². The second-order valence-electron chi connectivity index (χ2n) is 6.16. The second kappa shape index (κ2) is 6.82. The Bertz CT molecular complexity index is 570. The van der Waals surface area contributed by atoms with Gasteiger partial charge in [-0.05, 0) is 49.3 Å². The first-order chi connectivity index (χ1) is 10.6. The Hall–Kier alpha value is -1.36. The van der Waals surface area contributed by atoms with E-state index in [1.807, 2.05) is 17.0 Å². The molecule has 1 N–H and O–H groups in total. The molecule has 1 saturated heterocycles. The van der Waals surface area contributed by atoms with Crippen molar-refractivity contribution in [1.82, 2.24) is 10.2 Å². The van der Waals surface area contributed by atoms with Gasteiger partial charge in [-0.2, -0.15) is 0 Å². The minimum atomic E-state index is 0.00957. The standard InChI is InChI=1S/C17H21BrN2O2/c18-13-6-4-5-12(9-13)14-10-15(14)17(22)19-11-16(21)20-7-2-1-3-8-20/h4-6,9,14-15H,1-3,7-8,10-11H2,(H,19,22)/t14-,15+/m1/s1. The molecule has 118 valence electrons. The van der Waals surface area contributed by atoms with Crippen LogP contribution in [0.15, 0.2) is 28.7 Å². The van der Waals surface area contributed by atoms with Crippen LogP contribution in [-0.4, -0.2) is 36.3 Å². The normalized spacial score (nSPS) is 24.0. The predicted molar refractivity (Wildman–Crippen MR) is 88.4 cm³/mol. The van der Waals surface area contributed by atoms with Crippen LogP contribution < -0.4 is 5.32 Å². The lowest BCUT2D eigenvalue weighted by Gasteiger charge is -2.26. The third-order valence-electron chi connectivity index (χ3n) is 4.53. The lowest BCUT2D eigenvalue weighted by molar-refractivity contribution is -0.133. The van der Waals surface area contributed by atoms with Crippen LogP contribution in [-0.2, 0) is 9.59 Å². The van der Waals surface area contributed by atoms with Crippen LogP contribution in [0.2, 0.25) is 0 Å². The first kappa shape index (κ1) is 15.5. The number of hydrogen-bond donors (Lipinski definition) is 1. The maximum absolute atomic E-state index is 12.2. The highest BCUT2D eigenvalue weighted by atomic mass is 79.9. The predicted octanol–water partition coefficient (Wildman–Crippen LogP) is 2.68. The molecule has 3 rings (SSSR count). The lowest BCUT2D eigenvalue weighted by atomic mass is 10.1. The van der Waals surface area contributed by atoms with Gasteiger partial charge in [0.15, 0.2) is 0 Å². The van der Waals surface area contributed by atoms with E-state index in [-0.39, 0.29) is 24.3 Å². The van der Waals surface area contributed by atoms with Crippen LogP contribution in [0.25, 0.3) is 0 Å². The van der Waals surface area contributed by atoms with Crippen LogP contribution >= 0.6 is 15.9 Å². The molecule has 5 heteroatoms. The number of nitrogens with one attached hydrogen (secondary N) is 1.